The second-order valence-electron chi connectivity index (χ2n) is 5.08. The van der Waals surface area contributed by atoms with Crippen LogP contribution in [0.15, 0.2) is 60.2 Å². The molecular weight excluding hydrogens is 308 g/mol. The molecule has 0 radical (unpaired) electrons. The molecule has 0 atom stereocenters. The molecule has 0 aliphatic heterocycles. The Morgan fingerprint density at radius 2 is 1.83 bits per heavy atom. The first kappa shape index (κ1) is 17.3. The molecule has 0 aromatic heterocycles. The summed E-state index contributed by atoms with van der Waals surface area (Å²) in [6.07, 6.45) is 1.09. The van der Waals surface area contributed by atoms with E-state index in [1.54, 1.807) is 24.3 Å². The normalized spacial score (nSPS) is 11.0. The zero-order chi connectivity index (χ0) is 17.4. The van der Waals surface area contributed by atoms with Crippen LogP contribution in [-0.2, 0) is 20.9 Å². The number of esters is 1. The number of carboxylic acids is 1. The third-order valence-electron chi connectivity index (χ3n) is 3.24. The summed E-state index contributed by atoms with van der Waals surface area (Å²) >= 11 is 0. The van der Waals surface area contributed by atoms with Crippen LogP contribution >= 0.6 is 0 Å². The number of benzene rings is 2. The molecule has 24 heavy (non-hydrogen) atoms. The summed E-state index contributed by atoms with van der Waals surface area (Å²) in [6.45, 7) is 0.424. The standard InChI is InChI=1S/C19H18O5/c1-23-19(22)16(12-18(20)21)10-15-8-5-9-17(11-15)24-13-14-6-3-2-4-7-14/h2-11H,12-13H2,1H3,(H,20,21)/b16-10+. The highest BCUT2D eigenvalue weighted by Gasteiger charge is 2.13. The molecule has 0 saturated heterocycles. The number of aliphatic carboxylic acids is 1. The van der Waals surface area contributed by atoms with Gasteiger partial charge < -0.3 is 14.6 Å². The molecule has 0 aliphatic carbocycles. The molecule has 1 N–H and O–H groups in total. The predicted octanol–water partition coefficient (Wildman–Crippen LogP) is 3.30. The molecule has 124 valence electrons. The van der Waals surface area contributed by atoms with E-state index in [0.29, 0.717) is 17.9 Å². The van der Waals surface area contributed by atoms with Crippen LogP contribution in [0.2, 0.25) is 0 Å². The topological polar surface area (TPSA) is 72.8 Å². The third kappa shape index (κ3) is 5.28. The second kappa shape index (κ2) is 8.53. The van der Waals surface area contributed by atoms with E-state index in [0.717, 1.165) is 5.56 Å². The van der Waals surface area contributed by atoms with Gasteiger partial charge in [-0.25, -0.2) is 4.79 Å². The molecule has 0 spiro atoms. The molecule has 2 aromatic rings. The van der Waals surface area contributed by atoms with Crippen molar-refractivity contribution < 1.29 is 24.2 Å². The second-order valence-corrected chi connectivity index (χ2v) is 5.08. The van der Waals surface area contributed by atoms with E-state index < -0.39 is 18.4 Å². The van der Waals surface area contributed by atoms with Gasteiger partial charge in [-0.15, -0.1) is 0 Å². The van der Waals surface area contributed by atoms with Crippen LogP contribution in [-0.4, -0.2) is 24.2 Å². The van der Waals surface area contributed by atoms with Gasteiger partial charge in [-0.1, -0.05) is 42.5 Å². The third-order valence-corrected chi connectivity index (χ3v) is 3.24. The number of hydrogen-bond donors (Lipinski definition) is 1. The Morgan fingerprint density at radius 3 is 2.50 bits per heavy atom. The van der Waals surface area contributed by atoms with Crippen molar-refractivity contribution in [2.45, 2.75) is 13.0 Å². The van der Waals surface area contributed by atoms with Crippen LogP contribution in [0.5, 0.6) is 5.75 Å². The Labute approximate surface area is 140 Å². The van der Waals surface area contributed by atoms with Gasteiger partial charge in [0.2, 0.25) is 0 Å². The Hall–Kier alpha value is -3.08. The average Bonchev–Trinajstić information content (AvgIpc) is 2.59. The van der Waals surface area contributed by atoms with E-state index in [2.05, 4.69) is 4.74 Å². The molecule has 0 bridgehead atoms. The zero-order valence-electron chi connectivity index (χ0n) is 13.3. The minimum absolute atomic E-state index is 0.0743. The van der Waals surface area contributed by atoms with E-state index in [1.807, 2.05) is 30.3 Å². The van der Waals surface area contributed by atoms with E-state index >= 15 is 0 Å². The summed E-state index contributed by atoms with van der Waals surface area (Å²) in [5.41, 5.74) is 1.78. The molecule has 0 unspecified atom stereocenters. The minimum Gasteiger partial charge on any atom is -0.489 e. The fourth-order valence-electron chi connectivity index (χ4n) is 2.11. The first-order valence-electron chi connectivity index (χ1n) is 7.36. The lowest BCUT2D eigenvalue weighted by Gasteiger charge is -2.08. The molecule has 2 aromatic carbocycles. The number of hydrogen-bond acceptors (Lipinski definition) is 4. The predicted molar refractivity (Wildman–Crippen MR) is 89.5 cm³/mol. The Balaban J connectivity index is 2.14. The molecule has 5 nitrogen and oxygen atoms in total. The van der Waals surface area contributed by atoms with Gasteiger partial charge >= 0.3 is 11.9 Å². The van der Waals surface area contributed by atoms with Gasteiger partial charge in [0.25, 0.3) is 0 Å². The fourth-order valence-corrected chi connectivity index (χ4v) is 2.11. The van der Waals surface area contributed by atoms with E-state index in [-0.39, 0.29) is 5.57 Å². The van der Waals surface area contributed by atoms with Crippen molar-refractivity contribution in [2.24, 2.45) is 0 Å². The van der Waals surface area contributed by atoms with Gasteiger partial charge in [0.15, 0.2) is 0 Å². The minimum atomic E-state index is -1.09. The maximum absolute atomic E-state index is 11.7. The summed E-state index contributed by atoms with van der Waals surface area (Å²) in [7, 11) is 1.22. The van der Waals surface area contributed by atoms with E-state index in [4.69, 9.17) is 9.84 Å². The van der Waals surface area contributed by atoms with Crippen molar-refractivity contribution in [3.8, 4) is 5.75 Å². The number of carbonyl (C=O) groups is 2. The van der Waals surface area contributed by atoms with Crippen molar-refractivity contribution in [2.75, 3.05) is 7.11 Å². The number of carboxylic acid groups (broad SMARTS) is 1. The number of rotatable bonds is 7. The lowest BCUT2D eigenvalue weighted by atomic mass is 10.1. The molecule has 0 aliphatic rings. The molecule has 0 amide bonds. The molecule has 0 saturated carbocycles. The Morgan fingerprint density at radius 1 is 1.08 bits per heavy atom. The molecule has 2 rings (SSSR count). The highest BCUT2D eigenvalue weighted by molar-refractivity contribution is 5.97. The van der Waals surface area contributed by atoms with Crippen LogP contribution in [0, 0.1) is 0 Å². The van der Waals surface area contributed by atoms with Crippen molar-refractivity contribution >= 4 is 18.0 Å². The summed E-state index contributed by atoms with van der Waals surface area (Å²) in [5, 5.41) is 8.90. The SMILES string of the molecule is COC(=O)/C(=C/c1cccc(OCc2ccccc2)c1)CC(=O)O. The highest BCUT2D eigenvalue weighted by atomic mass is 16.5. The summed E-state index contributed by atoms with van der Waals surface area (Å²) in [5.74, 6) is -1.12. The molecule has 0 heterocycles. The zero-order valence-corrected chi connectivity index (χ0v) is 13.3. The lowest BCUT2D eigenvalue weighted by Crippen LogP contribution is -2.09. The Bertz CT molecular complexity index is 734. The van der Waals surface area contributed by atoms with Crippen LogP contribution in [0.1, 0.15) is 17.5 Å². The van der Waals surface area contributed by atoms with E-state index in [1.165, 1.54) is 13.2 Å². The first-order valence-corrected chi connectivity index (χ1v) is 7.36. The molecule has 0 fully saturated rings. The molecular formula is C19H18O5. The van der Waals surface area contributed by atoms with Crippen molar-refractivity contribution in [1.82, 2.24) is 0 Å². The van der Waals surface area contributed by atoms with Gasteiger partial charge in [-0.2, -0.15) is 0 Å². The van der Waals surface area contributed by atoms with Crippen LogP contribution in [0.25, 0.3) is 6.08 Å². The average molecular weight is 326 g/mol. The number of ether oxygens (including phenoxy) is 2. The van der Waals surface area contributed by atoms with Crippen LogP contribution < -0.4 is 4.74 Å². The fraction of sp³-hybridized carbons (Fsp3) is 0.158. The number of methoxy groups -OCH3 is 1. The van der Waals surface area contributed by atoms with Gasteiger partial charge in [0.1, 0.15) is 12.4 Å². The maximum Gasteiger partial charge on any atom is 0.334 e. The first-order chi connectivity index (χ1) is 11.6. The largest absolute Gasteiger partial charge is 0.489 e. The molecule has 5 heteroatoms. The number of carbonyl (C=O) groups excluding carboxylic acids is 1. The summed E-state index contributed by atoms with van der Waals surface area (Å²) in [6, 6.07) is 16.8. The van der Waals surface area contributed by atoms with Gasteiger partial charge in [-0.3, -0.25) is 4.79 Å². The van der Waals surface area contributed by atoms with Gasteiger partial charge in [0, 0.05) is 5.57 Å². The monoisotopic (exact) mass is 326 g/mol. The van der Waals surface area contributed by atoms with Crippen molar-refractivity contribution in [3.63, 3.8) is 0 Å². The quantitative estimate of drug-likeness (QED) is 0.624. The van der Waals surface area contributed by atoms with E-state index in [9.17, 15) is 9.59 Å². The van der Waals surface area contributed by atoms with Crippen molar-refractivity contribution in [1.29, 1.82) is 0 Å². The van der Waals surface area contributed by atoms with Crippen LogP contribution in [0.3, 0.4) is 0 Å². The highest BCUT2D eigenvalue weighted by Crippen LogP contribution is 2.19. The van der Waals surface area contributed by atoms with Crippen LogP contribution in [0.4, 0.5) is 0 Å². The smallest absolute Gasteiger partial charge is 0.334 e. The van der Waals surface area contributed by atoms with Gasteiger partial charge in [-0.05, 0) is 29.3 Å². The maximum atomic E-state index is 11.7. The van der Waals surface area contributed by atoms with Gasteiger partial charge in [0.05, 0.1) is 13.5 Å². The van der Waals surface area contributed by atoms with Crippen molar-refractivity contribution in [3.05, 3.63) is 71.3 Å². The lowest BCUT2D eigenvalue weighted by molar-refractivity contribution is -0.141. The Kier molecular flexibility index (Phi) is 6.14. The summed E-state index contributed by atoms with van der Waals surface area (Å²) in [4.78, 5) is 22.5. The summed E-state index contributed by atoms with van der Waals surface area (Å²) < 4.78 is 10.3.